The van der Waals surface area contributed by atoms with E-state index in [1.807, 2.05) is 25.1 Å². The summed E-state index contributed by atoms with van der Waals surface area (Å²) in [5.41, 5.74) is 2.45. The van der Waals surface area contributed by atoms with Crippen LogP contribution in [0, 0.1) is 6.92 Å². The van der Waals surface area contributed by atoms with Crippen molar-refractivity contribution in [1.82, 2.24) is 24.6 Å². The average molecular weight is 351 g/mol. The van der Waals surface area contributed by atoms with E-state index >= 15 is 0 Å². The maximum atomic E-state index is 12.9. The summed E-state index contributed by atoms with van der Waals surface area (Å²) in [5.74, 6) is 0.694. The Labute approximate surface area is 150 Å². The van der Waals surface area contributed by atoms with Gasteiger partial charge in [0.25, 0.3) is 5.91 Å². The Morgan fingerprint density at radius 1 is 1.27 bits per heavy atom. The van der Waals surface area contributed by atoms with Gasteiger partial charge in [-0.15, -0.1) is 0 Å². The minimum atomic E-state index is -0.0968. The fourth-order valence-electron chi connectivity index (χ4n) is 3.56. The van der Waals surface area contributed by atoms with Gasteiger partial charge in [-0.1, -0.05) is 11.6 Å². The van der Waals surface area contributed by atoms with Crippen LogP contribution in [0.2, 0.25) is 0 Å². The number of carbonyl (C=O) groups excluding carboxylic acids is 1. The molecule has 1 amide bonds. The summed E-state index contributed by atoms with van der Waals surface area (Å²) in [5, 5.41) is 8.27. The van der Waals surface area contributed by atoms with E-state index in [9.17, 15) is 9.59 Å². The second-order valence-electron chi connectivity index (χ2n) is 6.85. The Kier molecular flexibility index (Phi) is 4.06. The second kappa shape index (κ2) is 6.40. The first kappa shape index (κ1) is 16.5. The van der Waals surface area contributed by atoms with Gasteiger partial charge in [0.2, 0.25) is 0 Å². The first-order valence-corrected chi connectivity index (χ1v) is 8.82. The van der Waals surface area contributed by atoms with Crippen molar-refractivity contribution in [2.24, 2.45) is 7.05 Å². The van der Waals surface area contributed by atoms with Crippen LogP contribution in [0.1, 0.15) is 34.6 Å². The molecule has 26 heavy (non-hydrogen) atoms. The number of amides is 1. The predicted octanol–water partition coefficient (Wildman–Crippen LogP) is 1.57. The Hall–Kier alpha value is -2.96. The van der Waals surface area contributed by atoms with Crippen LogP contribution in [0.15, 0.2) is 35.3 Å². The fourth-order valence-corrected chi connectivity index (χ4v) is 3.56. The number of benzene rings is 1. The summed E-state index contributed by atoms with van der Waals surface area (Å²) in [6.07, 6.45) is 3.83. The summed E-state index contributed by atoms with van der Waals surface area (Å²) in [6.45, 7) is 2.57. The number of fused-ring (bicyclic) bond motifs is 2. The number of rotatable bonds is 2. The summed E-state index contributed by atoms with van der Waals surface area (Å²) in [7, 11) is 1.67. The third-order valence-electron chi connectivity index (χ3n) is 4.98. The summed E-state index contributed by atoms with van der Waals surface area (Å²) >= 11 is 0. The topological polar surface area (TPSA) is 81.8 Å². The fraction of sp³-hybridized carbons (Fsp3) is 0.368. The van der Waals surface area contributed by atoms with Gasteiger partial charge in [0.1, 0.15) is 5.82 Å². The zero-order chi connectivity index (χ0) is 18.3. The van der Waals surface area contributed by atoms with Crippen LogP contribution in [0.25, 0.3) is 10.9 Å². The van der Waals surface area contributed by atoms with Crippen molar-refractivity contribution in [2.45, 2.75) is 38.8 Å². The predicted molar refractivity (Wildman–Crippen MR) is 98.1 cm³/mol. The van der Waals surface area contributed by atoms with Crippen molar-refractivity contribution in [3.8, 4) is 0 Å². The van der Waals surface area contributed by atoms with E-state index in [2.05, 4.69) is 15.4 Å². The first-order valence-electron chi connectivity index (χ1n) is 8.82. The summed E-state index contributed by atoms with van der Waals surface area (Å²) in [6, 6.07) is 7.69. The van der Waals surface area contributed by atoms with Crippen molar-refractivity contribution in [1.29, 1.82) is 0 Å². The van der Waals surface area contributed by atoms with E-state index < -0.39 is 0 Å². The van der Waals surface area contributed by atoms with Gasteiger partial charge in [0, 0.05) is 37.6 Å². The van der Waals surface area contributed by atoms with Gasteiger partial charge in [-0.05, 0) is 38.0 Å². The van der Waals surface area contributed by atoms with Crippen molar-refractivity contribution in [2.75, 3.05) is 0 Å². The highest BCUT2D eigenvalue weighted by atomic mass is 16.2. The molecule has 7 nitrogen and oxygen atoms in total. The van der Waals surface area contributed by atoms with Crippen LogP contribution in [-0.4, -0.2) is 31.3 Å². The lowest BCUT2D eigenvalue weighted by Gasteiger charge is -2.17. The van der Waals surface area contributed by atoms with E-state index in [1.165, 1.54) is 4.68 Å². The van der Waals surface area contributed by atoms with Crippen LogP contribution in [0.3, 0.4) is 0 Å². The third-order valence-corrected chi connectivity index (χ3v) is 4.98. The monoisotopic (exact) mass is 351 g/mol. The summed E-state index contributed by atoms with van der Waals surface area (Å²) in [4.78, 5) is 29.3. The van der Waals surface area contributed by atoms with E-state index in [0.29, 0.717) is 24.9 Å². The quantitative estimate of drug-likeness (QED) is 0.760. The van der Waals surface area contributed by atoms with Crippen molar-refractivity contribution in [3.63, 3.8) is 0 Å². The summed E-state index contributed by atoms with van der Waals surface area (Å²) < 4.78 is 3.08. The number of aryl methyl sites for hydroxylation is 3. The van der Waals surface area contributed by atoms with E-state index in [1.54, 1.807) is 23.9 Å². The number of hydrogen-bond donors (Lipinski definition) is 1. The molecule has 0 aliphatic carbocycles. The number of hydrogen-bond acceptors (Lipinski definition) is 4. The molecule has 0 saturated carbocycles. The Morgan fingerprint density at radius 2 is 2.12 bits per heavy atom. The first-order chi connectivity index (χ1) is 12.5. The third kappa shape index (κ3) is 2.89. The molecule has 1 atom stereocenters. The maximum Gasteiger partial charge on any atom is 0.345 e. The van der Waals surface area contributed by atoms with Gasteiger partial charge in [-0.25, -0.2) is 9.48 Å². The molecular formula is C19H21N5O2. The molecule has 1 aromatic carbocycles. The smallest absolute Gasteiger partial charge is 0.345 e. The van der Waals surface area contributed by atoms with Crippen LogP contribution < -0.4 is 11.0 Å². The van der Waals surface area contributed by atoms with Crippen molar-refractivity contribution < 1.29 is 4.79 Å². The van der Waals surface area contributed by atoms with Gasteiger partial charge >= 0.3 is 5.69 Å². The van der Waals surface area contributed by atoms with E-state index in [4.69, 9.17) is 0 Å². The molecule has 7 heteroatoms. The molecule has 0 spiro atoms. The molecule has 1 aliphatic heterocycles. The molecule has 0 bridgehead atoms. The van der Waals surface area contributed by atoms with Crippen LogP contribution in [-0.2, 0) is 20.0 Å². The zero-order valence-electron chi connectivity index (χ0n) is 14.9. The molecule has 1 aliphatic rings. The van der Waals surface area contributed by atoms with Crippen LogP contribution in [0.5, 0.6) is 0 Å². The molecular weight excluding hydrogens is 330 g/mol. The number of pyridine rings is 1. The Balaban J connectivity index is 1.54. The van der Waals surface area contributed by atoms with E-state index in [-0.39, 0.29) is 17.6 Å². The number of aromatic nitrogens is 4. The van der Waals surface area contributed by atoms with Gasteiger partial charge in [-0.3, -0.25) is 14.3 Å². The highest BCUT2D eigenvalue weighted by Gasteiger charge is 2.22. The number of nitrogens with one attached hydrogen (secondary N) is 1. The molecule has 3 aromatic rings. The lowest BCUT2D eigenvalue weighted by atomic mass is 10.0. The minimum absolute atomic E-state index is 0.0157. The van der Waals surface area contributed by atoms with Crippen molar-refractivity contribution in [3.05, 3.63) is 57.9 Å². The SMILES string of the molecule is Cc1ccc2nccc(C(=O)NC3CCc4nn(C)c(=O)n4CC3)c2c1. The van der Waals surface area contributed by atoms with Gasteiger partial charge < -0.3 is 5.32 Å². The molecule has 2 aromatic heterocycles. The molecule has 0 saturated heterocycles. The molecule has 1 N–H and O–H groups in total. The van der Waals surface area contributed by atoms with Gasteiger partial charge in [-0.2, -0.15) is 5.10 Å². The molecule has 0 radical (unpaired) electrons. The van der Waals surface area contributed by atoms with Crippen LogP contribution in [0.4, 0.5) is 0 Å². The zero-order valence-corrected chi connectivity index (χ0v) is 14.9. The van der Waals surface area contributed by atoms with Gasteiger partial charge in [0.05, 0.1) is 11.1 Å². The highest BCUT2D eigenvalue weighted by Crippen LogP contribution is 2.19. The Morgan fingerprint density at radius 3 is 2.96 bits per heavy atom. The molecule has 3 heterocycles. The van der Waals surface area contributed by atoms with E-state index in [0.717, 1.165) is 28.7 Å². The standard InChI is InChI=1S/C19H21N5O2/c1-12-3-5-16-15(11-12)14(7-9-20-16)18(25)21-13-4-6-17-22-23(2)19(26)24(17)10-8-13/h3,5,7,9,11,13H,4,6,8,10H2,1-2H3,(H,21,25). The molecule has 134 valence electrons. The Bertz CT molecular complexity index is 1050. The molecule has 4 rings (SSSR count). The average Bonchev–Trinajstić information content (AvgIpc) is 2.78. The van der Waals surface area contributed by atoms with Crippen molar-refractivity contribution >= 4 is 16.8 Å². The lowest BCUT2D eigenvalue weighted by Crippen LogP contribution is -2.35. The van der Waals surface area contributed by atoms with Gasteiger partial charge in [0.15, 0.2) is 0 Å². The molecule has 0 fully saturated rings. The molecule has 1 unspecified atom stereocenters. The lowest BCUT2D eigenvalue weighted by molar-refractivity contribution is 0.0934. The maximum absolute atomic E-state index is 12.9. The second-order valence-corrected chi connectivity index (χ2v) is 6.85. The number of nitrogens with zero attached hydrogens (tertiary/aromatic N) is 4. The number of carbonyl (C=O) groups is 1. The minimum Gasteiger partial charge on any atom is -0.349 e. The highest BCUT2D eigenvalue weighted by molar-refractivity contribution is 6.06. The normalized spacial score (nSPS) is 16.9. The largest absolute Gasteiger partial charge is 0.349 e. The van der Waals surface area contributed by atoms with Crippen LogP contribution >= 0.6 is 0 Å².